The van der Waals surface area contributed by atoms with Crippen molar-refractivity contribution in [1.29, 1.82) is 0 Å². The van der Waals surface area contributed by atoms with Crippen LogP contribution in [0, 0.1) is 0 Å². The second-order valence-electron chi connectivity index (χ2n) is 9.26. The summed E-state index contributed by atoms with van der Waals surface area (Å²) in [6.07, 6.45) is 0. The van der Waals surface area contributed by atoms with Crippen LogP contribution in [0.25, 0.3) is 22.3 Å². The molecular weight excluding hydrogens is 499 g/mol. The zero-order valence-electron chi connectivity index (χ0n) is 20.3. The van der Waals surface area contributed by atoms with Crippen LogP contribution in [0.1, 0.15) is 17.2 Å². The van der Waals surface area contributed by atoms with E-state index in [0.29, 0.717) is 15.9 Å². The normalized spacial score (nSPS) is 14.4. The summed E-state index contributed by atoms with van der Waals surface area (Å²) < 4.78 is 0. The quantitative estimate of drug-likeness (QED) is 0.238. The van der Waals surface area contributed by atoms with Gasteiger partial charge in [-0.3, -0.25) is 4.90 Å². The van der Waals surface area contributed by atoms with Gasteiger partial charge in [-0.15, -0.1) is 0 Å². The van der Waals surface area contributed by atoms with Gasteiger partial charge in [0.15, 0.2) is 5.82 Å². The fraction of sp³-hybridized carbons (Fsp3) is 0.161. The second kappa shape index (κ2) is 10.5. The van der Waals surface area contributed by atoms with Crippen molar-refractivity contribution < 1.29 is 0 Å². The van der Waals surface area contributed by atoms with Crippen molar-refractivity contribution in [1.82, 2.24) is 14.9 Å². The van der Waals surface area contributed by atoms with E-state index in [2.05, 4.69) is 76.5 Å². The lowest BCUT2D eigenvalue weighted by molar-refractivity contribution is 0.212. The minimum absolute atomic E-state index is 0.218. The van der Waals surface area contributed by atoms with Crippen LogP contribution in [0.2, 0.25) is 10.0 Å². The number of aromatic nitrogens is 2. The first-order valence-corrected chi connectivity index (χ1v) is 13.2. The molecule has 4 nitrogen and oxygen atoms in total. The molecule has 0 saturated carbocycles. The van der Waals surface area contributed by atoms with Gasteiger partial charge in [0.1, 0.15) is 5.82 Å². The van der Waals surface area contributed by atoms with E-state index in [4.69, 9.17) is 33.2 Å². The van der Waals surface area contributed by atoms with Gasteiger partial charge in [0.05, 0.1) is 16.6 Å². The summed E-state index contributed by atoms with van der Waals surface area (Å²) in [6, 6.07) is 35.4. The average Bonchev–Trinajstić information content (AvgIpc) is 2.94. The van der Waals surface area contributed by atoms with E-state index >= 15 is 0 Å². The lowest BCUT2D eigenvalue weighted by atomic mass is 9.96. The van der Waals surface area contributed by atoms with E-state index in [1.54, 1.807) is 6.07 Å². The molecular formula is C31H26Cl2N4. The van der Waals surface area contributed by atoms with Gasteiger partial charge < -0.3 is 4.90 Å². The highest BCUT2D eigenvalue weighted by Gasteiger charge is 2.28. The smallest absolute Gasteiger partial charge is 0.163 e. The van der Waals surface area contributed by atoms with Crippen LogP contribution in [0.4, 0.5) is 5.82 Å². The van der Waals surface area contributed by atoms with Gasteiger partial charge in [-0.25, -0.2) is 9.97 Å². The summed E-state index contributed by atoms with van der Waals surface area (Å²) in [5.74, 6) is 1.56. The lowest BCUT2D eigenvalue weighted by Gasteiger charge is -2.40. The molecule has 6 heteroatoms. The predicted octanol–water partition coefficient (Wildman–Crippen LogP) is 7.52. The van der Waals surface area contributed by atoms with Crippen LogP contribution in [0.15, 0.2) is 103 Å². The van der Waals surface area contributed by atoms with E-state index < -0.39 is 0 Å². The number of para-hydroxylation sites is 1. The topological polar surface area (TPSA) is 32.3 Å². The number of hydrogen-bond acceptors (Lipinski definition) is 4. The molecule has 0 spiro atoms. The highest BCUT2D eigenvalue weighted by atomic mass is 35.5. The fourth-order valence-corrected chi connectivity index (χ4v) is 5.66. The first-order chi connectivity index (χ1) is 18.2. The van der Waals surface area contributed by atoms with Crippen molar-refractivity contribution in [3.05, 3.63) is 124 Å². The molecule has 0 amide bonds. The van der Waals surface area contributed by atoms with Gasteiger partial charge >= 0.3 is 0 Å². The molecule has 6 rings (SSSR count). The highest BCUT2D eigenvalue weighted by Crippen LogP contribution is 2.34. The summed E-state index contributed by atoms with van der Waals surface area (Å²) in [6.45, 7) is 3.57. The van der Waals surface area contributed by atoms with Gasteiger partial charge in [-0.1, -0.05) is 96.0 Å². The molecule has 0 aliphatic carbocycles. The maximum Gasteiger partial charge on any atom is 0.163 e. The molecule has 184 valence electrons. The SMILES string of the molecule is Clc1ccc(-c2nc(N3CCN(C(c4ccccc4)c4ccccc4)CC3)c3ccccc3n2)c(Cl)c1. The molecule has 5 aromatic rings. The summed E-state index contributed by atoms with van der Waals surface area (Å²) in [4.78, 5) is 14.8. The Morgan fingerprint density at radius 3 is 1.92 bits per heavy atom. The van der Waals surface area contributed by atoms with Crippen molar-refractivity contribution in [2.45, 2.75) is 6.04 Å². The van der Waals surface area contributed by atoms with Crippen molar-refractivity contribution in [3.63, 3.8) is 0 Å². The Hall–Kier alpha value is -3.44. The third-order valence-electron chi connectivity index (χ3n) is 6.96. The number of halogens is 2. The summed E-state index contributed by atoms with van der Waals surface area (Å²) >= 11 is 12.7. The second-order valence-corrected chi connectivity index (χ2v) is 10.1. The van der Waals surface area contributed by atoms with Gasteiger partial charge in [0, 0.05) is 42.2 Å². The Balaban J connectivity index is 1.33. The maximum atomic E-state index is 6.54. The van der Waals surface area contributed by atoms with E-state index in [-0.39, 0.29) is 6.04 Å². The van der Waals surface area contributed by atoms with E-state index in [9.17, 15) is 0 Å². The monoisotopic (exact) mass is 524 g/mol. The van der Waals surface area contributed by atoms with E-state index in [0.717, 1.165) is 48.5 Å². The molecule has 0 unspecified atom stereocenters. The molecule has 2 heterocycles. The number of benzene rings is 4. The van der Waals surface area contributed by atoms with Crippen LogP contribution < -0.4 is 4.90 Å². The van der Waals surface area contributed by atoms with Crippen LogP contribution in [-0.4, -0.2) is 41.0 Å². The fourth-order valence-electron chi connectivity index (χ4n) is 5.17. The molecule has 1 aliphatic heterocycles. The molecule has 1 aromatic heterocycles. The first kappa shape index (κ1) is 23.9. The Morgan fingerprint density at radius 1 is 0.649 bits per heavy atom. The minimum Gasteiger partial charge on any atom is -0.353 e. The Labute approximate surface area is 227 Å². The Bertz CT molecular complexity index is 1480. The van der Waals surface area contributed by atoms with Crippen LogP contribution in [0.3, 0.4) is 0 Å². The number of hydrogen-bond donors (Lipinski definition) is 0. The predicted molar refractivity (Wildman–Crippen MR) is 154 cm³/mol. The number of nitrogens with zero attached hydrogens (tertiary/aromatic N) is 4. The summed E-state index contributed by atoms with van der Waals surface area (Å²) in [7, 11) is 0. The summed E-state index contributed by atoms with van der Waals surface area (Å²) in [5.41, 5.74) is 4.32. The standard InChI is InChI=1S/C31H26Cl2N4/c32-24-15-16-25(27(33)21-24)30-34-28-14-8-7-13-26(28)31(35-30)37-19-17-36(18-20-37)29(22-9-3-1-4-10-22)23-11-5-2-6-12-23/h1-16,21,29H,17-20H2. The maximum absolute atomic E-state index is 6.54. The summed E-state index contributed by atoms with van der Waals surface area (Å²) in [5, 5.41) is 2.19. The van der Waals surface area contributed by atoms with Gasteiger partial charge in [0.25, 0.3) is 0 Å². The number of piperazine rings is 1. The van der Waals surface area contributed by atoms with Crippen molar-refractivity contribution in [3.8, 4) is 11.4 Å². The van der Waals surface area contributed by atoms with Gasteiger partial charge in [-0.05, 0) is 41.5 Å². The number of rotatable bonds is 5. The molecule has 0 N–H and O–H groups in total. The number of anilines is 1. The lowest BCUT2D eigenvalue weighted by Crippen LogP contribution is -2.48. The van der Waals surface area contributed by atoms with Crippen molar-refractivity contribution >= 4 is 39.9 Å². The van der Waals surface area contributed by atoms with Crippen LogP contribution in [-0.2, 0) is 0 Å². The van der Waals surface area contributed by atoms with E-state index in [1.807, 2.05) is 30.3 Å². The largest absolute Gasteiger partial charge is 0.353 e. The minimum atomic E-state index is 0.218. The average molecular weight is 525 g/mol. The third kappa shape index (κ3) is 4.93. The van der Waals surface area contributed by atoms with Gasteiger partial charge in [-0.2, -0.15) is 0 Å². The highest BCUT2D eigenvalue weighted by molar-refractivity contribution is 6.36. The molecule has 0 radical (unpaired) electrons. The van der Waals surface area contributed by atoms with Gasteiger partial charge in [0.2, 0.25) is 0 Å². The molecule has 4 aromatic carbocycles. The van der Waals surface area contributed by atoms with Crippen LogP contribution >= 0.6 is 23.2 Å². The Morgan fingerprint density at radius 2 is 1.27 bits per heavy atom. The number of fused-ring (bicyclic) bond motifs is 1. The van der Waals surface area contributed by atoms with Crippen LogP contribution in [0.5, 0.6) is 0 Å². The molecule has 1 fully saturated rings. The molecule has 0 atom stereocenters. The molecule has 37 heavy (non-hydrogen) atoms. The zero-order chi connectivity index (χ0) is 25.2. The third-order valence-corrected chi connectivity index (χ3v) is 7.51. The van der Waals surface area contributed by atoms with Crippen molar-refractivity contribution in [2.75, 3.05) is 31.1 Å². The van der Waals surface area contributed by atoms with E-state index in [1.165, 1.54) is 11.1 Å². The Kier molecular flexibility index (Phi) is 6.79. The molecule has 0 bridgehead atoms. The molecule has 1 aliphatic rings. The molecule has 1 saturated heterocycles. The first-order valence-electron chi connectivity index (χ1n) is 12.5. The zero-order valence-corrected chi connectivity index (χ0v) is 21.8. The van der Waals surface area contributed by atoms with Crippen molar-refractivity contribution in [2.24, 2.45) is 0 Å².